The van der Waals surface area contributed by atoms with Gasteiger partial charge in [0.15, 0.2) is 0 Å². The van der Waals surface area contributed by atoms with Crippen molar-refractivity contribution in [3.05, 3.63) is 24.3 Å². The lowest BCUT2D eigenvalue weighted by Crippen LogP contribution is -3.12. The molecule has 156 valence electrons. The predicted molar refractivity (Wildman–Crippen MR) is 108 cm³/mol. The van der Waals surface area contributed by atoms with E-state index in [1.807, 2.05) is 0 Å². The minimum Gasteiger partial charge on any atom is -0.355 e. The Kier molecular flexibility index (Phi) is 8.40. The minimum absolute atomic E-state index is 0.0746. The molecule has 3 N–H and O–H groups in total. The molecule has 0 radical (unpaired) electrons. The fourth-order valence-corrected chi connectivity index (χ4v) is 4.43. The van der Waals surface area contributed by atoms with Gasteiger partial charge in [0, 0.05) is 32.6 Å². The van der Waals surface area contributed by atoms with Crippen molar-refractivity contribution in [1.82, 2.24) is 9.62 Å². The SMILES string of the molecule is CC(=O)Nc1ccc(S(=O)(=O)N(C)CC(=O)NCCC[NH+]2CCCCC2)cc1. The van der Waals surface area contributed by atoms with E-state index in [1.54, 1.807) is 4.90 Å². The third-order valence-corrected chi connectivity index (χ3v) is 6.66. The Hall–Kier alpha value is -1.97. The van der Waals surface area contributed by atoms with Gasteiger partial charge in [-0.1, -0.05) is 0 Å². The summed E-state index contributed by atoms with van der Waals surface area (Å²) in [5, 5.41) is 5.39. The van der Waals surface area contributed by atoms with Crippen LogP contribution in [0, 0.1) is 0 Å². The average Bonchev–Trinajstić information content (AvgIpc) is 2.66. The Labute approximate surface area is 167 Å². The van der Waals surface area contributed by atoms with Crippen LogP contribution >= 0.6 is 0 Å². The van der Waals surface area contributed by atoms with Gasteiger partial charge >= 0.3 is 0 Å². The van der Waals surface area contributed by atoms with Crippen molar-refractivity contribution in [3.63, 3.8) is 0 Å². The topological polar surface area (TPSA) is 100 Å². The van der Waals surface area contributed by atoms with Crippen LogP contribution in [0.1, 0.15) is 32.6 Å². The number of nitrogens with zero attached hydrogens (tertiary/aromatic N) is 1. The molecule has 0 aliphatic carbocycles. The molecule has 0 aromatic heterocycles. The van der Waals surface area contributed by atoms with Gasteiger partial charge in [0.1, 0.15) is 0 Å². The number of nitrogens with one attached hydrogen (secondary N) is 3. The molecule has 0 saturated carbocycles. The summed E-state index contributed by atoms with van der Waals surface area (Å²) in [6.45, 7) is 5.15. The van der Waals surface area contributed by atoms with E-state index >= 15 is 0 Å². The van der Waals surface area contributed by atoms with Gasteiger partial charge in [-0.15, -0.1) is 0 Å². The number of sulfonamides is 1. The molecule has 0 spiro atoms. The van der Waals surface area contributed by atoms with Gasteiger partial charge in [0.2, 0.25) is 21.8 Å². The Morgan fingerprint density at radius 2 is 1.75 bits per heavy atom. The lowest BCUT2D eigenvalue weighted by Gasteiger charge is -2.23. The van der Waals surface area contributed by atoms with E-state index in [4.69, 9.17) is 0 Å². The minimum atomic E-state index is -3.77. The first kappa shape index (κ1) is 22.3. The van der Waals surface area contributed by atoms with Crippen molar-refractivity contribution in [2.45, 2.75) is 37.5 Å². The summed E-state index contributed by atoms with van der Waals surface area (Å²) in [6.07, 6.45) is 4.76. The van der Waals surface area contributed by atoms with Gasteiger partial charge in [-0.3, -0.25) is 9.59 Å². The maximum atomic E-state index is 12.6. The lowest BCUT2D eigenvalue weighted by molar-refractivity contribution is -0.904. The monoisotopic (exact) mass is 411 g/mol. The van der Waals surface area contributed by atoms with Crippen LogP contribution in [-0.4, -0.2) is 64.3 Å². The van der Waals surface area contributed by atoms with Crippen molar-refractivity contribution in [1.29, 1.82) is 0 Å². The van der Waals surface area contributed by atoms with E-state index in [2.05, 4.69) is 10.6 Å². The number of carbonyl (C=O) groups is 2. The largest absolute Gasteiger partial charge is 0.355 e. The van der Waals surface area contributed by atoms with Gasteiger partial charge < -0.3 is 15.5 Å². The van der Waals surface area contributed by atoms with Gasteiger partial charge in [0.05, 0.1) is 31.1 Å². The predicted octanol–water partition coefficient (Wildman–Crippen LogP) is -0.159. The second-order valence-corrected chi connectivity index (χ2v) is 9.28. The van der Waals surface area contributed by atoms with E-state index < -0.39 is 10.0 Å². The van der Waals surface area contributed by atoms with E-state index in [-0.39, 0.29) is 23.3 Å². The van der Waals surface area contributed by atoms with Gasteiger partial charge in [0.25, 0.3) is 0 Å². The highest BCUT2D eigenvalue weighted by Gasteiger charge is 2.23. The summed E-state index contributed by atoms with van der Waals surface area (Å²) < 4.78 is 26.2. The number of likely N-dealkylation sites (tertiary alicyclic amines) is 1. The Morgan fingerprint density at radius 1 is 1.11 bits per heavy atom. The molecule has 9 heteroatoms. The molecule has 0 atom stereocenters. The first-order valence-electron chi connectivity index (χ1n) is 9.73. The van der Waals surface area contributed by atoms with E-state index in [0.29, 0.717) is 12.2 Å². The summed E-state index contributed by atoms with van der Waals surface area (Å²) in [7, 11) is -2.39. The molecular formula is C19H31N4O4S+. The van der Waals surface area contributed by atoms with Crippen molar-refractivity contribution >= 4 is 27.5 Å². The maximum Gasteiger partial charge on any atom is 0.243 e. The Balaban J connectivity index is 1.78. The standard InChI is InChI=1S/C19H30N4O4S/c1-16(24)21-17-7-9-18(10-8-17)28(26,27)22(2)15-19(25)20-11-6-14-23-12-4-3-5-13-23/h7-10H,3-6,11-15H2,1-2H3,(H,20,25)(H,21,24)/p+1. The molecule has 1 saturated heterocycles. The summed E-state index contributed by atoms with van der Waals surface area (Å²) >= 11 is 0. The van der Waals surface area contributed by atoms with Crippen LogP contribution in [0.3, 0.4) is 0 Å². The van der Waals surface area contributed by atoms with Crippen LogP contribution in [0.5, 0.6) is 0 Å². The molecule has 0 unspecified atom stereocenters. The normalized spacial score (nSPS) is 15.4. The number of carbonyl (C=O) groups excluding carboxylic acids is 2. The second kappa shape index (κ2) is 10.5. The molecule has 8 nitrogen and oxygen atoms in total. The molecule has 2 rings (SSSR count). The van der Waals surface area contributed by atoms with E-state index in [1.165, 1.54) is 70.6 Å². The van der Waals surface area contributed by atoms with Crippen molar-refractivity contribution < 1.29 is 22.9 Å². The van der Waals surface area contributed by atoms with Crippen LogP contribution in [0.4, 0.5) is 5.69 Å². The number of amides is 2. The zero-order valence-corrected chi connectivity index (χ0v) is 17.5. The Morgan fingerprint density at radius 3 is 2.36 bits per heavy atom. The first-order valence-corrected chi connectivity index (χ1v) is 11.2. The zero-order chi connectivity index (χ0) is 20.6. The highest BCUT2D eigenvalue weighted by molar-refractivity contribution is 7.89. The molecule has 1 aliphatic heterocycles. The van der Waals surface area contributed by atoms with Gasteiger partial charge in [-0.2, -0.15) is 4.31 Å². The molecule has 1 fully saturated rings. The van der Waals surface area contributed by atoms with Crippen molar-refractivity contribution in [2.75, 3.05) is 45.1 Å². The number of anilines is 1. The third kappa shape index (κ3) is 6.88. The number of benzene rings is 1. The molecule has 1 aliphatic rings. The number of quaternary nitrogens is 1. The summed E-state index contributed by atoms with van der Waals surface area (Å²) in [6, 6.07) is 5.86. The van der Waals surface area contributed by atoms with Crippen LogP contribution in [0.2, 0.25) is 0 Å². The molecule has 1 aromatic rings. The quantitative estimate of drug-likeness (QED) is 0.492. The van der Waals surface area contributed by atoms with Crippen LogP contribution in [0.15, 0.2) is 29.2 Å². The van der Waals surface area contributed by atoms with Crippen LogP contribution in [-0.2, 0) is 19.6 Å². The smallest absolute Gasteiger partial charge is 0.243 e. The fourth-order valence-electron chi connectivity index (χ4n) is 3.30. The maximum absolute atomic E-state index is 12.6. The first-order chi connectivity index (χ1) is 13.3. The fraction of sp³-hybridized carbons (Fsp3) is 0.579. The zero-order valence-electron chi connectivity index (χ0n) is 16.7. The van der Waals surface area contributed by atoms with Gasteiger partial charge in [-0.25, -0.2) is 8.42 Å². The molecule has 1 aromatic carbocycles. The van der Waals surface area contributed by atoms with Crippen LogP contribution < -0.4 is 15.5 Å². The number of likely N-dealkylation sites (N-methyl/N-ethyl adjacent to an activating group) is 1. The number of hydrogen-bond donors (Lipinski definition) is 3. The summed E-state index contributed by atoms with van der Waals surface area (Å²) in [5.74, 6) is -0.541. The van der Waals surface area contributed by atoms with E-state index in [0.717, 1.165) is 17.3 Å². The van der Waals surface area contributed by atoms with Gasteiger partial charge in [-0.05, 0) is 43.5 Å². The van der Waals surface area contributed by atoms with Crippen molar-refractivity contribution in [3.8, 4) is 0 Å². The highest BCUT2D eigenvalue weighted by Crippen LogP contribution is 2.17. The molecule has 2 amide bonds. The number of rotatable bonds is 9. The summed E-state index contributed by atoms with van der Waals surface area (Å²) in [4.78, 5) is 24.8. The second-order valence-electron chi connectivity index (χ2n) is 7.23. The van der Waals surface area contributed by atoms with Crippen molar-refractivity contribution in [2.24, 2.45) is 0 Å². The highest BCUT2D eigenvalue weighted by atomic mass is 32.2. The molecule has 0 bridgehead atoms. The molecule has 1 heterocycles. The van der Waals surface area contributed by atoms with Crippen LogP contribution in [0.25, 0.3) is 0 Å². The number of piperidine rings is 1. The van der Waals surface area contributed by atoms with E-state index in [9.17, 15) is 18.0 Å². The lowest BCUT2D eigenvalue weighted by atomic mass is 10.1. The molecule has 28 heavy (non-hydrogen) atoms. The third-order valence-electron chi connectivity index (χ3n) is 4.84. The molecular weight excluding hydrogens is 380 g/mol. The number of hydrogen-bond acceptors (Lipinski definition) is 4. The Bertz CT molecular complexity index is 759. The summed E-state index contributed by atoms with van der Waals surface area (Å²) in [5.41, 5.74) is 0.516. The average molecular weight is 412 g/mol.